The van der Waals surface area contributed by atoms with E-state index in [1.165, 1.54) is 0 Å². The summed E-state index contributed by atoms with van der Waals surface area (Å²) in [6, 6.07) is 19.4. The summed E-state index contributed by atoms with van der Waals surface area (Å²) in [7, 11) is -2.89. The quantitative estimate of drug-likeness (QED) is 0.687. The van der Waals surface area contributed by atoms with Crippen LogP contribution in [0.3, 0.4) is 0 Å². The molecule has 0 aliphatic heterocycles. The van der Waals surface area contributed by atoms with Crippen LogP contribution >= 0.6 is 7.14 Å². The standard InChI is InChI=1S/C20H23O2P/c21-19-15-9-1-2-10-16-20(19)23(22,17-11-5-3-6-12-17)18-13-7-4-8-14-18/h1-8,11-14,19-21H,9-10,15-16H2/t19-,20-/m0/s1. The lowest BCUT2D eigenvalue weighted by atomic mass is 10.0. The highest BCUT2D eigenvalue weighted by molar-refractivity contribution is 7.79. The SMILES string of the molecule is O=P(c1ccccc1)(c1ccccc1)[C@H]1CCC=CCC[C@@H]1O. The molecule has 0 aromatic heterocycles. The van der Waals surface area contributed by atoms with Gasteiger partial charge in [0.15, 0.2) is 0 Å². The molecule has 2 aromatic carbocycles. The summed E-state index contributed by atoms with van der Waals surface area (Å²) in [6.07, 6.45) is 6.87. The maximum atomic E-state index is 14.3. The summed E-state index contributed by atoms with van der Waals surface area (Å²) < 4.78 is 14.3. The zero-order chi connectivity index (χ0) is 16.1. The van der Waals surface area contributed by atoms with Crippen molar-refractivity contribution >= 4 is 17.8 Å². The van der Waals surface area contributed by atoms with Crippen molar-refractivity contribution in [2.75, 3.05) is 0 Å². The van der Waals surface area contributed by atoms with Gasteiger partial charge in [-0.25, -0.2) is 0 Å². The lowest BCUT2D eigenvalue weighted by Crippen LogP contribution is -2.35. The molecule has 1 N–H and O–H groups in total. The van der Waals surface area contributed by atoms with Crippen LogP contribution < -0.4 is 10.6 Å². The van der Waals surface area contributed by atoms with Crippen molar-refractivity contribution in [1.82, 2.24) is 0 Å². The molecule has 120 valence electrons. The van der Waals surface area contributed by atoms with Crippen molar-refractivity contribution in [1.29, 1.82) is 0 Å². The Kier molecular flexibility index (Phi) is 5.15. The molecule has 2 atom stereocenters. The van der Waals surface area contributed by atoms with Gasteiger partial charge < -0.3 is 9.67 Å². The highest BCUT2D eigenvalue weighted by Gasteiger charge is 2.40. The Morgan fingerprint density at radius 3 is 1.78 bits per heavy atom. The van der Waals surface area contributed by atoms with Gasteiger partial charge in [-0.3, -0.25) is 0 Å². The molecule has 2 aromatic rings. The fourth-order valence-electron chi connectivity index (χ4n) is 3.41. The lowest BCUT2D eigenvalue weighted by Gasteiger charge is -2.32. The van der Waals surface area contributed by atoms with E-state index < -0.39 is 13.2 Å². The third-order valence-corrected chi connectivity index (χ3v) is 8.28. The average molecular weight is 326 g/mol. The average Bonchev–Trinajstić information content (AvgIpc) is 2.59. The van der Waals surface area contributed by atoms with Gasteiger partial charge in [-0.05, 0) is 25.7 Å². The van der Waals surface area contributed by atoms with Crippen LogP contribution in [0.2, 0.25) is 0 Å². The summed E-state index contributed by atoms with van der Waals surface area (Å²) >= 11 is 0. The molecule has 3 heteroatoms. The Morgan fingerprint density at radius 1 is 0.783 bits per heavy atom. The van der Waals surface area contributed by atoms with E-state index in [2.05, 4.69) is 12.2 Å². The van der Waals surface area contributed by atoms with Crippen molar-refractivity contribution in [2.24, 2.45) is 0 Å². The third kappa shape index (κ3) is 3.34. The molecule has 0 spiro atoms. The summed E-state index contributed by atoms with van der Waals surface area (Å²) in [5.41, 5.74) is -0.225. The molecule has 0 bridgehead atoms. The number of aliphatic hydroxyl groups excluding tert-OH is 1. The van der Waals surface area contributed by atoms with Crippen LogP contribution in [0.4, 0.5) is 0 Å². The first kappa shape index (κ1) is 16.2. The van der Waals surface area contributed by atoms with Gasteiger partial charge in [-0.2, -0.15) is 0 Å². The topological polar surface area (TPSA) is 37.3 Å². The maximum Gasteiger partial charge on any atom is 0.148 e. The highest BCUT2D eigenvalue weighted by atomic mass is 31.2. The van der Waals surface area contributed by atoms with Crippen LogP contribution in [0, 0.1) is 0 Å². The molecule has 1 aliphatic rings. The molecular weight excluding hydrogens is 303 g/mol. The molecule has 23 heavy (non-hydrogen) atoms. The number of rotatable bonds is 3. The van der Waals surface area contributed by atoms with Crippen LogP contribution in [0.25, 0.3) is 0 Å². The van der Waals surface area contributed by atoms with E-state index in [0.29, 0.717) is 6.42 Å². The van der Waals surface area contributed by atoms with Crippen molar-refractivity contribution in [3.63, 3.8) is 0 Å². The summed E-state index contributed by atoms with van der Waals surface area (Å²) in [5.74, 6) is 0. The van der Waals surface area contributed by atoms with Crippen molar-refractivity contribution in [2.45, 2.75) is 37.4 Å². The number of hydrogen-bond acceptors (Lipinski definition) is 2. The molecule has 0 unspecified atom stereocenters. The van der Waals surface area contributed by atoms with E-state index >= 15 is 0 Å². The van der Waals surface area contributed by atoms with Crippen molar-refractivity contribution in [3.8, 4) is 0 Å². The molecule has 0 saturated carbocycles. The first-order chi connectivity index (χ1) is 11.2. The van der Waals surface area contributed by atoms with Crippen LogP contribution in [0.5, 0.6) is 0 Å². The fourth-order valence-corrected chi connectivity index (χ4v) is 6.85. The Bertz CT molecular complexity index is 651. The molecule has 3 rings (SSSR count). The molecule has 1 aliphatic carbocycles. The normalized spacial score (nSPS) is 22.3. The number of benzene rings is 2. The van der Waals surface area contributed by atoms with Gasteiger partial charge in [0.1, 0.15) is 7.14 Å². The Balaban J connectivity index is 2.12. The zero-order valence-electron chi connectivity index (χ0n) is 13.2. The molecule has 0 radical (unpaired) electrons. The largest absolute Gasteiger partial charge is 0.392 e. The molecule has 0 saturated heterocycles. The first-order valence-corrected chi connectivity index (χ1v) is 10.0. The molecule has 0 heterocycles. The van der Waals surface area contributed by atoms with E-state index in [1.54, 1.807) is 0 Å². The number of aliphatic hydroxyl groups is 1. The monoisotopic (exact) mass is 326 g/mol. The summed E-state index contributed by atoms with van der Waals surface area (Å²) in [4.78, 5) is 0. The molecule has 2 nitrogen and oxygen atoms in total. The van der Waals surface area contributed by atoms with Gasteiger partial charge in [-0.15, -0.1) is 0 Å². The zero-order valence-corrected chi connectivity index (χ0v) is 14.1. The second-order valence-corrected chi connectivity index (χ2v) is 9.10. The predicted molar refractivity (Wildman–Crippen MR) is 97.2 cm³/mol. The molecular formula is C20H23O2P. The smallest absolute Gasteiger partial charge is 0.148 e. The van der Waals surface area contributed by atoms with Gasteiger partial charge in [-0.1, -0.05) is 72.8 Å². The molecule has 0 amide bonds. The van der Waals surface area contributed by atoms with Crippen LogP contribution in [0.15, 0.2) is 72.8 Å². The van der Waals surface area contributed by atoms with Crippen molar-refractivity contribution in [3.05, 3.63) is 72.8 Å². The lowest BCUT2D eigenvalue weighted by molar-refractivity contribution is 0.155. The van der Waals surface area contributed by atoms with Crippen LogP contribution in [-0.4, -0.2) is 16.9 Å². The van der Waals surface area contributed by atoms with E-state index in [0.717, 1.165) is 29.9 Å². The number of hydrogen-bond donors (Lipinski definition) is 1. The van der Waals surface area contributed by atoms with Crippen molar-refractivity contribution < 1.29 is 9.67 Å². The van der Waals surface area contributed by atoms with Gasteiger partial charge in [0.25, 0.3) is 0 Å². The summed E-state index contributed by atoms with van der Waals surface area (Å²) in [6.45, 7) is 0. The Labute approximate surface area is 138 Å². The van der Waals surface area contributed by atoms with Crippen LogP contribution in [0.1, 0.15) is 25.7 Å². The first-order valence-electron chi connectivity index (χ1n) is 8.27. The predicted octanol–water partition coefficient (Wildman–Crippen LogP) is 3.86. The van der Waals surface area contributed by atoms with Crippen LogP contribution in [-0.2, 0) is 4.57 Å². The fraction of sp³-hybridized carbons (Fsp3) is 0.300. The minimum Gasteiger partial charge on any atom is -0.392 e. The van der Waals surface area contributed by atoms with Gasteiger partial charge in [0, 0.05) is 16.3 Å². The second kappa shape index (κ2) is 7.29. The Morgan fingerprint density at radius 2 is 1.26 bits per heavy atom. The van der Waals surface area contributed by atoms with Gasteiger partial charge >= 0.3 is 0 Å². The highest BCUT2D eigenvalue weighted by Crippen LogP contribution is 2.52. The second-order valence-electron chi connectivity index (χ2n) is 6.09. The minimum absolute atomic E-state index is 0.225. The summed E-state index contributed by atoms with van der Waals surface area (Å²) in [5, 5.41) is 12.4. The number of allylic oxidation sites excluding steroid dienone is 2. The minimum atomic E-state index is -2.89. The molecule has 0 fully saturated rings. The Hall–Kier alpha value is -1.63. The third-order valence-electron chi connectivity index (χ3n) is 4.62. The van der Waals surface area contributed by atoms with E-state index in [4.69, 9.17) is 0 Å². The van der Waals surface area contributed by atoms with Gasteiger partial charge in [0.05, 0.1) is 6.10 Å². The van der Waals surface area contributed by atoms with E-state index in [1.807, 2.05) is 60.7 Å². The van der Waals surface area contributed by atoms with Gasteiger partial charge in [0.2, 0.25) is 0 Å². The van der Waals surface area contributed by atoms with E-state index in [9.17, 15) is 9.67 Å². The van der Waals surface area contributed by atoms with E-state index in [-0.39, 0.29) is 5.66 Å². The maximum absolute atomic E-state index is 14.3.